The fourth-order valence-corrected chi connectivity index (χ4v) is 1.64. The van der Waals surface area contributed by atoms with E-state index in [4.69, 9.17) is 19.9 Å². The Morgan fingerprint density at radius 3 is 2.55 bits per heavy atom. The van der Waals surface area contributed by atoms with E-state index in [1.165, 1.54) is 20.3 Å². The SMILES string of the molecule is COC1=CC(OC)=NC(N)N1C(=O)Oc1ccccc1. The molecule has 0 bridgehead atoms. The van der Waals surface area contributed by atoms with Gasteiger partial charge in [0.2, 0.25) is 11.8 Å². The first-order valence-electron chi connectivity index (χ1n) is 5.85. The summed E-state index contributed by atoms with van der Waals surface area (Å²) in [5.74, 6) is 0.880. The summed E-state index contributed by atoms with van der Waals surface area (Å²) < 4.78 is 15.3. The summed E-state index contributed by atoms with van der Waals surface area (Å²) in [5.41, 5.74) is 5.80. The zero-order valence-corrected chi connectivity index (χ0v) is 11.1. The number of ether oxygens (including phenoxy) is 3. The highest BCUT2D eigenvalue weighted by atomic mass is 16.6. The molecule has 20 heavy (non-hydrogen) atoms. The molecule has 1 amide bonds. The van der Waals surface area contributed by atoms with Crippen LogP contribution in [0.25, 0.3) is 0 Å². The predicted octanol–water partition coefficient (Wildman–Crippen LogP) is 1.28. The molecule has 1 aromatic rings. The minimum absolute atomic E-state index is 0.199. The number of amides is 1. The topological polar surface area (TPSA) is 86.4 Å². The summed E-state index contributed by atoms with van der Waals surface area (Å²) in [4.78, 5) is 17.2. The van der Waals surface area contributed by atoms with E-state index in [1.54, 1.807) is 24.3 Å². The van der Waals surface area contributed by atoms with E-state index >= 15 is 0 Å². The van der Waals surface area contributed by atoms with E-state index in [-0.39, 0.29) is 11.8 Å². The smallest absolute Gasteiger partial charge is 0.425 e. The average molecular weight is 277 g/mol. The van der Waals surface area contributed by atoms with E-state index in [0.717, 1.165) is 4.90 Å². The largest absolute Gasteiger partial charge is 0.482 e. The van der Waals surface area contributed by atoms with Gasteiger partial charge in [-0.3, -0.25) is 5.73 Å². The number of hydrogen-bond donors (Lipinski definition) is 1. The van der Waals surface area contributed by atoms with Gasteiger partial charge >= 0.3 is 6.09 Å². The second kappa shape index (κ2) is 6.07. The molecule has 0 saturated heterocycles. The fraction of sp³-hybridized carbons (Fsp3) is 0.231. The first-order chi connectivity index (χ1) is 9.65. The van der Waals surface area contributed by atoms with Crippen molar-refractivity contribution in [2.45, 2.75) is 6.29 Å². The summed E-state index contributed by atoms with van der Waals surface area (Å²) in [6.07, 6.45) is -0.202. The van der Waals surface area contributed by atoms with Crippen LogP contribution in [-0.4, -0.2) is 37.4 Å². The molecule has 2 N–H and O–H groups in total. The summed E-state index contributed by atoms with van der Waals surface area (Å²) in [6, 6.07) is 8.65. The third-order valence-electron chi connectivity index (χ3n) is 2.57. The van der Waals surface area contributed by atoms with Crippen LogP contribution in [0.4, 0.5) is 4.79 Å². The molecule has 1 atom stereocenters. The van der Waals surface area contributed by atoms with Crippen LogP contribution in [0.3, 0.4) is 0 Å². The van der Waals surface area contributed by atoms with Crippen molar-refractivity contribution in [3.8, 4) is 5.75 Å². The Morgan fingerprint density at radius 2 is 1.95 bits per heavy atom. The van der Waals surface area contributed by atoms with Crippen LogP contribution in [0.15, 0.2) is 47.3 Å². The Bertz CT molecular complexity index is 542. The van der Waals surface area contributed by atoms with Crippen molar-refractivity contribution >= 4 is 12.0 Å². The molecule has 0 fully saturated rings. The average Bonchev–Trinajstić information content (AvgIpc) is 2.47. The van der Waals surface area contributed by atoms with Crippen LogP contribution < -0.4 is 10.5 Å². The van der Waals surface area contributed by atoms with Crippen LogP contribution >= 0.6 is 0 Å². The Balaban J connectivity index is 2.17. The number of carbonyl (C=O) groups excluding carboxylic acids is 1. The van der Waals surface area contributed by atoms with Gasteiger partial charge in [0.15, 0.2) is 6.29 Å². The van der Waals surface area contributed by atoms with Gasteiger partial charge in [-0.1, -0.05) is 18.2 Å². The lowest BCUT2D eigenvalue weighted by molar-refractivity contribution is 0.0991. The molecule has 0 saturated carbocycles. The van der Waals surface area contributed by atoms with Crippen molar-refractivity contribution in [1.29, 1.82) is 0 Å². The van der Waals surface area contributed by atoms with Crippen LogP contribution in [0, 0.1) is 0 Å². The number of rotatable bonds is 2. The molecular weight excluding hydrogens is 262 g/mol. The molecule has 1 aromatic carbocycles. The van der Waals surface area contributed by atoms with Gasteiger partial charge in [-0.05, 0) is 12.1 Å². The first kappa shape index (κ1) is 13.9. The van der Waals surface area contributed by atoms with Gasteiger partial charge in [0, 0.05) is 0 Å². The lowest BCUT2D eigenvalue weighted by Gasteiger charge is -2.29. The number of nitrogens with two attached hydrogens (primary N) is 1. The molecule has 106 valence electrons. The van der Waals surface area contributed by atoms with Crippen molar-refractivity contribution in [1.82, 2.24) is 4.90 Å². The zero-order valence-electron chi connectivity index (χ0n) is 11.1. The highest BCUT2D eigenvalue weighted by Crippen LogP contribution is 2.18. The molecule has 0 spiro atoms. The molecule has 1 heterocycles. The lowest BCUT2D eigenvalue weighted by atomic mass is 10.3. The summed E-state index contributed by atoms with van der Waals surface area (Å²) in [6.45, 7) is 0. The maximum absolute atomic E-state index is 12.1. The Hall–Kier alpha value is -2.54. The molecule has 0 aliphatic carbocycles. The van der Waals surface area contributed by atoms with Gasteiger partial charge in [0.05, 0.1) is 20.3 Å². The molecule has 0 radical (unpaired) electrons. The van der Waals surface area contributed by atoms with Gasteiger partial charge in [-0.25, -0.2) is 14.7 Å². The van der Waals surface area contributed by atoms with Gasteiger partial charge < -0.3 is 14.2 Å². The number of methoxy groups -OCH3 is 2. The molecular formula is C13H15N3O4. The first-order valence-corrected chi connectivity index (χ1v) is 5.85. The van der Waals surface area contributed by atoms with Crippen molar-refractivity contribution in [3.05, 3.63) is 42.3 Å². The van der Waals surface area contributed by atoms with E-state index in [1.807, 2.05) is 6.07 Å². The molecule has 7 nitrogen and oxygen atoms in total. The maximum Gasteiger partial charge on any atom is 0.425 e. The summed E-state index contributed by atoms with van der Waals surface area (Å²) >= 11 is 0. The third kappa shape index (κ3) is 2.89. The third-order valence-corrected chi connectivity index (χ3v) is 2.57. The normalized spacial score (nSPS) is 17.9. The minimum atomic E-state index is -0.971. The van der Waals surface area contributed by atoms with Crippen LogP contribution in [-0.2, 0) is 9.47 Å². The summed E-state index contributed by atoms with van der Waals surface area (Å²) in [7, 11) is 2.87. The number of carbonyl (C=O) groups is 1. The number of nitrogens with zero attached hydrogens (tertiary/aromatic N) is 2. The van der Waals surface area contributed by atoms with Gasteiger partial charge in [-0.15, -0.1) is 0 Å². The second-order valence-electron chi connectivity index (χ2n) is 3.82. The molecule has 1 unspecified atom stereocenters. The Labute approximate surface area is 116 Å². The number of aliphatic imine (C=N–C) groups is 1. The second-order valence-corrected chi connectivity index (χ2v) is 3.82. The maximum atomic E-state index is 12.1. The van der Waals surface area contributed by atoms with Crippen LogP contribution in [0.5, 0.6) is 5.75 Å². The van der Waals surface area contributed by atoms with E-state index in [0.29, 0.717) is 5.75 Å². The number of para-hydroxylation sites is 1. The minimum Gasteiger partial charge on any atom is -0.482 e. The van der Waals surface area contributed by atoms with Gasteiger partial charge in [-0.2, -0.15) is 0 Å². The Kier molecular flexibility index (Phi) is 4.21. The van der Waals surface area contributed by atoms with E-state index < -0.39 is 12.4 Å². The zero-order chi connectivity index (χ0) is 14.5. The molecule has 1 aliphatic rings. The lowest BCUT2D eigenvalue weighted by Crippen LogP contribution is -2.48. The van der Waals surface area contributed by atoms with Gasteiger partial charge in [0.25, 0.3) is 0 Å². The highest BCUT2D eigenvalue weighted by Gasteiger charge is 2.31. The van der Waals surface area contributed by atoms with E-state index in [9.17, 15) is 4.79 Å². The molecule has 2 rings (SSSR count). The fourth-order valence-electron chi connectivity index (χ4n) is 1.64. The quantitative estimate of drug-likeness (QED) is 0.879. The van der Waals surface area contributed by atoms with Gasteiger partial charge in [0.1, 0.15) is 5.75 Å². The molecule has 7 heteroatoms. The highest BCUT2D eigenvalue weighted by molar-refractivity contribution is 5.90. The predicted molar refractivity (Wildman–Crippen MR) is 71.8 cm³/mol. The van der Waals surface area contributed by atoms with Crippen LogP contribution in [0.2, 0.25) is 0 Å². The Morgan fingerprint density at radius 1 is 1.25 bits per heavy atom. The number of benzene rings is 1. The number of hydrogen-bond acceptors (Lipinski definition) is 6. The van der Waals surface area contributed by atoms with Crippen molar-refractivity contribution < 1.29 is 19.0 Å². The van der Waals surface area contributed by atoms with Crippen LogP contribution in [0.1, 0.15) is 0 Å². The monoisotopic (exact) mass is 277 g/mol. The van der Waals surface area contributed by atoms with Crippen molar-refractivity contribution in [2.75, 3.05) is 14.2 Å². The molecule has 0 aromatic heterocycles. The van der Waals surface area contributed by atoms with Crippen molar-refractivity contribution in [3.63, 3.8) is 0 Å². The standard InChI is InChI=1S/C13H15N3O4/c1-18-10-8-11(19-2)16(12(14)15-10)13(17)20-9-6-4-3-5-7-9/h3-8,12H,14H2,1-2H3. The van der Waals surface area contributed by atoms with Crippen molar-refractivity contribution in [2.24, 2.45) is 10.7 Å². The summed E-state index contributed by atoms with van der Waals surface area (Å²) in [5, 5.41) is 0. The molecule has 1 aliphatic heterocycles. The van der Waals surface area contributed by atoms with E-state index in [2.05, 4.69) is 4.99 Å².